The van der Waals surface area contributed by atoms with Crippen molar-refractivity contribution in [3.63, 3.8) is 0 Å². The van der Waals surface area contributed by atoms with Crippen LogP contribution in [0.5, 0.6) is 0 Å². The first-order valence-corrected chi connectivity index (χ1v) is 11.9. The SMILES string of the molecule is O=P(O)(OCCSSCCO)OCCSSCCO. The Morgan fingerprint density at radius 2 is 1.16 bits per heavy atom. The van der Waals surface area contributed by atoms with Crippen LogP contribution in [0.2, 0.25) is 0 Å². The van der Waals surface area contributed by atoms with Crippen molar-refractivity contribution in [3.8, 4) is 0 Å². The van der Waals surface area contributed by atoms with Crippen LogP contribution in [0.25, 0.3) is 0 Å². The summed E-state index contributed by atoms with van der Waals surface area (Å²) < 4.78 is 20.9. The lowest BCUT2D eigenvalue weighted by molar-refractivity contribution is 0.163. The highest BCUT2D eigenvalue weighted by molar-refractivity contribution is 8.77. The van der Waals surface area contributed by atoms with Gasteiger partial charge in [0.2, 0.25) is 0 Å². The zero-order valence-corrected chi connectivity index (χ0v) is 14.5. The summed E-state index contributed by atoms with van der Waals surface area (Å²) in [6.45, 7) is 0.491. The summed E-state index contributed by atoms with van der Waals surface area (Å²) in [4.78, 5) is 9.32. The lowest BCUT2D eigenvalue weighted by Crippen LogP contribution is -2.01. The molecule has 0 aliphatic rings. The predicted octanol–water partition coefficient (Wildman–Crippen LogP) is 1.87. The second-order valence-electron chi connectivity index (χ2n) is 2.87. The highest BCUT2D eigenvalue weighted by Crippen LogP contribution is 2.43. The molecule has 0 heterocycles. The highest BCUT2D eigenvalue weighted by atomic mass is 33.1. The number of phosphoric acid groups is 1. The molecule has 0 aromatic rings. The summed E-state index contributed by atoms with van der Waals surface area (Å²) in [6, 6.07) is 0. The maximum atomic E-state index is 11.4. The molecule has 0 aromatic carbocycles. The van der Waals surface area contributed by atoms with Crippen LogP contribution in [0.1, 0.15) is 0 Å². The Balaban J connectivity index is 3.39. The topological polar surface area (TPSA) is 96.2 Å². The maximum Gasteiger partial charge on any atom is 0.472 e. The maximum absolute atomic E-state index is 11.4. The van der Waals surface area contributed by atoms with E-state index in [-0.39, 0.29) is 26.4 Å². The lowest BCUT2D eigenvalue weighted by Gasteiger charge is -2.11. The van der Waals surface area contributed by atoms with Crippen molar-refractivity contribution >= 4 is 51.0 Å². The Labute approximate surface area is 129 Å². The van der Waals surface area contributed by atoms with E-state index >= 15 is 0 Å². The number of aliphatic hydroxyl groups excluding tert-OH is 2. The Kier molecular flexibility index (Phi) is 15.5. The van der Waals surface area contributed by atoms with Crippen molar-refractivity contribution in [2.45, 2.75) is 0 Å². The van der Waals surface area contributed by atoms with Crippen LogP contribution >= 0.6 is 51.0 Å². The van der Waals surface area contributed by atoms with E-state index in [2.05, 4.69) is 0 Å². The first kappa shape index (κ1) is 20.4. The van der Waals surface area contributed by atoms with E-state index in [1.165, 1.54) is 43.2 Å². The molecule has 3 N–H and O–H groups in total. The fraction of sp³-hybridized carbons (Fsp3) is 1.00. The van der Waals surface area contributed by atoms with Gasteiger partial charge in [-0.25, -0.2) is 4.57 Å². The quantitative estimate of drug-likeness (QED) is 0.239. The van der Waals surface area contributed by atoms with Gasteiger partial charge in [-0.3, -0.25) is 9.05 Å². The van der Waals surface area contributed by atoms with Gasteiger partial charge in [-0.05, 0) is 0 Å². The number of phosphoric ester groups is 1. The zero-order valence-electron chi connectivity index (χ0n) is 10.3. The molecule has 0 aliphatic heterocycles. The predicted molar refractivity (Wildman–Crippen MR) is 85.7 cm³/mol. The van der Waals surface area contributed by atoms with E-state index in [9.17, 15) is 9.46 Å². The molecule has 0 bridgehead atoms. The average Bonchev–Trinajstić information content (AvgIpc) is 2.38. The summed E-state index contributed by atoms with van der Waals surface area (Å²) in [5, 5.41) is 17.1. The third-order valence-corrected chi connectivity index (χ3v) is 7.07. The van der Waals surface area contributed by atoms with E-state index in [0.29, 0.717) is 23.0 Å². The van der Waals surface area contributed by atoms with Crippen LogP contribution in [0.4, 0.5) is 0 Å². The van der Waals surface area contributed by atoms with Crippen LogP contribution in [0, 0.1) is 0 Å². The Morgan fingerprint density at radius 1 is 0.789 bits per heavy atom. The van der Waals surface area contributed by atoms with E-state index < -0.39 is 7.82 Å². The number of hydrogen-bond donors (Lipinski definition) is 3. The van der Waals surface area contributed by atoms with Gasteiger partial charge in [-0.2, -0.15) is 0 Å². The number of hydrogen-bond acceptors (Lipinski definition) is 9. The molecule has 0 spiro atoms. The van der Waals surface area contributed by atoms with Crippen LogP contribution in [0.3, 0.4) is 0 Å². The summed E-state index contributed by atoms with van der Waals surface area (Å²) in [6.07, 6.45) is 0. The van der Waals surface area contributed by atoms with Gasteiger partial charge < -0.3 is 15.1 Å². The standard InChI is InChI=1S/C8H19O6PS4/c9-1-5-16-18-7-3-13-15(11,12)14-4-8-19-17-6-2-10/h9-10H,1-8H2,(H,11,12). The molecular weight excluding hydrogens is 351 g/mol. The van der Waals surface area contributed by atoms with Crippen LogP contribution in [0.15, 0.2) is 0 Å². The molecule has 0 aromatic heterocycles. The largest absolute Gasteiger partial charge is 0.472 e. The van der Waals surface area contributed by atoms with E-state index in [0.717, 1.165) is 0 Å². The van der Waals surface area contributed by atoms with Crippen LogP contribution in [-0.2, 0) is 13.6 Å². The van der Waals surface area contributed by atoms with Gasteiger partial charge in [-0.15, -0.1) is 0 Å². The molecule has 19 heavy (non-hydrogen) atoms. The van der Waals surface area contributed by atoms with Crippen molar-refractivity contribution in [2.75, 3.05) is 49.4 Å². The lowest BCUT2D eigenvalue weighted by atomic mass is 10.9. The fourth-order valence-corrected chi connectivity index (χ4v) is 4.88. The molecule has 0 amide bonds. The third-order valence-electron chi connectivity index (χ3n) is 1.36. The molecule has 0 rings (SSSR count). The summed E-state index contributed by atoms with van der Waals surface area (Å²) in [7, 11) is 1.95. The minimum atomic E-state index is -3.95. The summed E-state index contributed by atoms with van der Waals surface area (Å²) in [5.74, 6) is 2.36. The first-order valence-electron chi connectivity index (χ1n) is 5.45. The molecule has 0 unspecified atom stereocenters. The monoisotopic (exact) mass is 370 g/mol. The van der Waals surface area contributed by atoms with Gasteiger partial charge in [-0.1, -0.05) is 43.2 Å². The Bertz CT molecular complexity index is 227. The summed E-state index contributed by atoms with van der Waals surface area (Å²) >= 11 is 0. The Morgan fingerprint density at radius 3 is 1.53 bits per heavy atom. The molecular formula is C8H19O6PS4. The number of aliphatic hydroxyl groups is 2. The minimum absolute atomic E-state index is 0.117. The molecule has 0 fully saturated rings. The smallest absolute Gasteiger partial charge is 0.395 e. The number of rotatable bonds is 14. The third kappa shape index (κ3) is 15.6. The van der Waals surface area contributed by atoms with Gasteiger partial charge in [0, 0.05) is 23.0 Å². The first-order chi connectivity index (χ1) is 9.12. The van der Waals surface area contributed by atoms with E-state index in [4.69, 9.17) is 19.3 Å². The zero-order chi connectivity index (χ0) is 14.4. The van der Waals surface area contributed by atoms with Gasteiger partial charge in [0.05, 0.1) is 26.4 Å². The van der Waals surface area contributed by atoms with Gasteiger partial charge in [0.15, 0.2) is 0 Å². The van der Waals surface area contributed by atoms with Crippen molar-refractivity contribution < 1.29 is 28.7 Å². The van der Waals surface area contributed by atoms with Crippen LogP contribution < -0.4 is 0 Å². The second kappa shape index (κ2) is 14.4. The molecule has 0 atom stereocenters. The Hall–Kier alpha value is 1.43. The molecule has 6 nitrogen and oxygen atoms in total. The molecule has 0 aliphatic carbocycles. The fourth-order valence-electron chi connectivity index (χ4n) is 0.721. The van der Waals surface area contributed by atoms with E-state index in [1.54, 1.807) is 0 Å². The molecule has 0 saturated carbocycles. The van der Waals surface area contributed by atoms with Crippen molar-refractivity contribution in [2.24, 2.45) is 0 Å². The average molecular weight is 370 g/mol. The molecule has 11 heteroatoms. The van der Waals surface area contributed by atoms with E-state index in [1.807, 2.05) is 0 Å². The highest BCUT2D eigenvalue weighted by Gasteiger charge is 2.20. The van der Waals surface area contributed by atoms with Crippen LogP contribution in [-0.4, -0.2) is 64.5 Å². The minimum Gasteiger partial charge on any atom is -0.395 e. The molecule has 116 valence electrons. The molecule has 0 radical (unpaired) electrons. The van der Waals surface area contributed by atoms with Crippen molar-refractivity contribution in [3.05, 3.63) is 0 Å². The van der Waals surface area contributed by atoms with Crippen molar-refractivity contribution in [1.82, 2.24) is 0 Å². The van der Waals surface area contributed by atoms with Gasteiger partial charge in [0.1, 0.15) is 0 Å². The van der Waals surface area contributed by atoms with Gasteiger partial charge in [0.25, 0.3) is 0 Å². The summed E-state index contributed by atoms with van der Waals surface area (Å²) in [5.41, 5.74) is 0. The van der Waals surface area contributed by atoms with Gasteiger partial charge >= 0.3 is 7.82 Å². The van der Waals surface area contributed by atoms with Crippen molar-refractivity contribution in [1.29, 1.82) is 0 Å². The second-order valence-corrected chi connectivity index (χ2v) is 9.73. The molecule has 0 saturated heterocycles. The normalized spacial score (nSPS) is 11.9.